The number of hydrogen-bond acceptors (Lipinski definition) is 3. The molecule has 0 aliphatic rings. The number of aryl methyl sites for hydroxylation is 1. The molecule has 1 N–H and O–H groups in total. The topological polar surface area (TPSA) is 39.1 Å². The van der Waals surface area contributed by atoms with Gasteiger partial charge in [0.25, 0.3) is 0 Å². The van der Waals surface area contributed by atoms with Gasteiger partial charge in [0.1, 0.15) is 5.75 Å². The first kappa shape index (κ1) is 12.6. The molecule has 1 heterocycles. The first-order valence-electron chi connectivity index (χ1n) is 6.05. The molecule has 0 saturated heterocycles. The molecule has 0 aliphatic heterocycles. The van der Waals surface area contributed by atoms with Crippen molar-refractivity contribution in [1.29, 1.82) is 0 Å². The third-order valence-electron chi connectivity index (χ3n) is 3.13. The maximum absolute atomic E-state index is 5.15. The van der Waals surface area contributed by atoms with Crippen LogP contribution in [0.4, 0.5) is 0 Å². The van der Waals surface area contributed by atoms with E-state index in [1.165, 1.54) is 11.3 Å². The Labute approximate surface area is 108 Å². The van der Waals surface area contributed by atoms with Crippen molar-refractivity contribution in [2.75, 3.05) is 7.11 Å². The third kappa shape index (κ3) is 2.90. The SMILES string of the molecule is COc1ccc([C@@H](C)NCc2ccnn2C)cc1. The summed E-state index contributed by atoms with van der Waals surface area (Å²) in [7, 11) is 3.63. The molecule has 0 saturated carbocycles. The predicted octanol–water partition coefficient (Wildman–Crippen LogP) is 2.28. The number of ether oxygens (including phenoxy) is 1. The van der Waals surface area contributed by atoms with E-state index in [1.54, 1.807) is 7.11 Å². The standard InChI is InChI=1S/C14H19N3O/c1-11(12-4-6-14(18-3)7-5-12)15-10-13-8-9-16-17(13)2/h4-9,11,15H,10H2,1-3H3/t11-/m1/s1. The van der Waals surface area contributed by atoms with Gasteiger partial charge in [-0.15, -0.1) is 0 Å². The van der Waals surface area contributed by atoms with Gasteiger partial charge in [-0.3, -0.25) is 4.68 Å². The summed E-state index contributed by atoms with van der Waals surface area (Å²) in [5.74, 6) is 0.887. The zero-order valence-corrected chi connectivity index (χ0v) is 11.1. The lowest BCUT2D eigenvalue weighted by Gasteiger charge is -2.14. The minimum Gasteiger partial charge on any atom is -0.497 e. The van der Waals surface area contributed by atoms with E-state index in [-0.39, 0.29) is 0 Å². The Morgan fingerprint density at radius 1 is 1.28 bits per heavy atom. The van der Waals surface area contributed by atoms with Crippen LogP contribution in [-0.2, 0) is 13.6 Å². The second-order valence-electron chi connectivity index (χ2n) is 4.32. The van der Waals surface area contributed by atoms with E-state index in [4.69, 9.17) is 4.74 Å². The first-order chi connectivity index (χ1) is 8.70. The van der Waals surface area contributed by atoms with Gasteiger partial charge >= 0.3 is 0 Å². The Morgan fingerprint density at radius 3 is 2.56 bits per heavy atom. The van der Waals surface area contributed by atoms with Crippen LogP contribution >= 0.6 is 0 Å². The van der Waals surface area contributed by atoms with Crippen LogP contribution in [0.5, 0.6) is 5.75 Å². The first-order valence-corrected chi connectivity index (χ1v) is 6.05. The molecule has 1 aromatic heterocycles. The van der Waals surface area contributed by atoms with Gasteiger partial charge in [0.05, 0.1) is 12.8 Å². The summed E-state index contributed by atoms with van der Waals surface area (Å²) in [6.07, 6.45) is 1.81. The van der Waals surface area contributed by atoms with Gasteiger partial charge in [0.2, 0.25) is 0 Å². The Bertz CT molecular complexity index is 490. The second-order valence-corrected chi connectivity index (χ2v) is 4.32. The minimum atomic E-state index is 0.297. The van der Waals surface area contributed by atoms with Gasteiger partial charge in [-0.25, -0.2) is 0 Å². The minimum absolute atomic E-state index is 0.297. The summed E-state index contributed by atoms with van der Waals surface area (Å²) in [4.78, 5) is 0. The molecule has 4 nitrogen and oxygen atoms in total. The zero-order valence-electron chi connectivity index (χ0n) is 11.1. The molecule has 2 aromatic rings. The van der Waals surface area contributed by atoms with Gasteiger partial charge in [0.15, 0.2) is 0 Å². The smallest absolute Gasteiger partial charge is 0.118 e. The number of benzene rings is 1. The monoisotopic (exact) mass is 245 g/mol. The molecule has 4 heteroatoms. The maximum Gasteiger partial charge on any atom is 0.118 e. The average Bonchev–Trinajstić information content (AvgIpc) is 2.81. The summed E-state index contributed by atoms with van der Waals surface area (Å²) >= 11 is 0. The highest BCUT2D eigenvalue weighted by molar-refractivity contribution is 5.28. The summed E-state index contributed by atoms with van der Waals surface area (Å²) in [6, 6.07) is 10.5. The molecule has 0 spiro atoms. The van der Waals surface area contributed by atoms with Crippen LogP contribution in [0.25, 0.3) is 0 Å². The van der Waals surface area contributed by atoms with Gasteiger partial charge < -0.3 is 10.1 Å². The number of aromatic nitrogens is 2. The Morgan fingerprint density at radius 2 is 2.00 bits per heavy atom. The fourth-order valence-corrected chi connectivity index (χ4v) is 1.84. The van der Waals surface area contributed by atoms with Crippen LogP contribution < -0.4 is 10.1 Å². The molecule has 2 rings (SSSR count). The van der Waals surface area contributed by atoms with Gasteiger partial charge in [-0.2, -0.15) is 5.10 Å². The lowest BCUT2D eigenvalue weighted by molar-refractivity contribution is 0.414. The fourth-order valence-electron chi connectivity index (χ4n) is 1.84. The van der Waals surface area contributed by atoms with Crippen molar-refractivity contribution in [3.8, 4) is 5.75 Å². The molecule has 0 aliphatic carbocycles. The molecule has 0 unspecified atom stereocenters. The Kier molecular flexibility index (Phi) is 3.99. The van der Waals surface area contributed by atoms with Crippen LogP contribution in [0, 0.1) is 0 Å². The normalized spacial score (nSPS) is 12.4. The number of nitrogens with one attached hydrogen (secondary N) is 1. The molecule has 96 valence electrons. The van der Waals surface area contributed by atoms with Crippen LogP contribution in [0.1, 0.15) is 24.2 Å². The van der Waals surface area contributed by atoms with Gasteiger partial charge in [0, 0.05) is 25.8 Å². The van der Waals surface area contributed by atoms with Crippen molar-refractivity contribution < 1.29 is 4.74 Å². The zero-order chi connectivity index (χ0) is 13.0. The van der Waals surface area contributed by atoms with Crippen molar-refractivity contribution in [3.63, 3.8) is 0 Å². The van der Waals surface area contributed by atoms with Crippen molar-refractivity contribution in [2.45, 2.75) is 19.5 Å². The summed E-state index contributed by atoms with van der Waals surface area (Å²) in [5, 5.41) is 7.63. The van der Waals surface area contributed by atoms with E-state index in [0.717, 1.165) is 12.3 Å². The highest BCUT2D eigenvalue weighted by atomic mass is 16.5. The van der Waals surface area contributed by atoms with E-state index in [0.29, 0.717) is 6.04 Å². The lowest BCUT2D eigenvalue weighted by Crippen LogP contribution is -2.19. The van der Waals surface area contributed by atoms with Crippen LogP contribution in [0.15, 0.2) is 36.5 Å². The number of hydrogen-bond donors (Lipinski definition) is 1. The average molecular weight is 245 g/mol. The third-order valence-corrected chi connectivity index (χ3v) is 3.13. The molecule has 0 amide bonds. The van der Waals surface area contributed by atoms with E-state index < -0.39 is 0 Å². The molecular formula is C14H19N3O. The predicted molar refractivity (Wildman–Crippen MR) is 71.5 cm³/mol. The fraction of sp³-hybridized carbons (Fsp3) is 0.357. The van der Waals surface area contributed by atoms with Crippen molar-refractivity contribution in [1.82, 2.24) is 15.1 Å². The maximum atomic E-state index is 5.15. The van der Waals surface area contributed by atoms with Crippen LogP contribution in [0.3, 0.4) is 0 Å². The largest absolute Gasteiger partial charge is 0.497 e. The molecule has 1 aromatic carbocycles. The number of methoxy groups -OCH3 is 1. The highest BCUT2D eigenvalue weighted by Crippen LogP contribution is 2.17. The van der Waals surface area contributed by atoms with Crippen molar-refractivity contribution in [3.05, 3.63) is 47.8 Å². The Hall–Kier alpha value is -1.81. The quantitative estimate of drug-likeness (QED) is 0.878. The van der Waals surface area contributed by atoms with Crippen LogP contribution in [0.2, 0.25) is 0 Å². The molecule has 0 bridgehead atoms. The summed E-state index contributed by atoms with van der Waals surface area (Å²) < 4.78 is 7.03. The molecule has 18 heavy (non-hydrogen) atoms. The molecule has 0 fully saturated rings. The highest BCUT2D eigenvalue weighted by Gasteiger charge is 2.06. The number of nitrogens with zero attached hydrogens (tertiary/aromatic N) is 2. The molecular weight excluding hydrogens is 226 g/mol. The van der Waals surface area contributed by atoms with Crippen molar-refractivity contribution in [2.24, 2.45) is 7.05 Å². The van der Waals surface area contributed by atoms with E-state index >= 15 is 0 Å². The summed E-state index contributed by atoms with van der Waals surface area (Å²) in [5.41, 5.74) is 2.42. The van der Waals surface area contributed by atoms with Crippen molar-refractivity contribution >= 4 is 0 Å². The molecule has 0 radical (unpaired) electrons. The van der Waals surface area contributed by atoms with Gasteiger partial charge in [-0.1, -0.05) is 12.1 Å². The number of rotatable bonds is 5. The van der Waals surface area contributed by atoms with Crippen LogP contribution in [-0.4, -0.2) is 16.9 Å². The van der Waals surface area contributed by atoms with E-state index in [2.05, 4.69) is 29.5 Å². The van der Waals surface area contributed by atoms with E-state index in [9.17, 15) is 0 Å². The Balaban J connectivity index is 1.94. The molecule has 1 atom stereocenters. The second kappa shape index (κ2) is 5.69. The van der Waals surface area contributed by atoms with Gasteiger partial charge in [-0.05, 0) is 30.7 Å². The van der Waals surface area contributed by atoms with E-state index in [1.807, 2.05) is 36.1 Å². The lowest BCUT2D eigenvalue weighted by atomic mass is 10.1. The summed E-state index contributed by atoms with van der Waals surface area (Å²) in [6.45, 7) is 2.96.